The van der Waals surface area contributed by atoms with Crippen LogP contribution in [0.1, 0.15) is 17.6 Å². The van der Waals surface area contributed by atoms with E-state index in [1.165, 1.54) is 0 Å². The fourth-order valence-corrected chi connectivity index (χ4v) is 1.77. The van der Waals surface area contributed by atoms with Crippen molar-refractivity contribution in [3.05, 3.63) is 34.9 Å². The molecule has 1 aromatic carbocycles. The summed E-state index contributed by atoms with van der Waals surface area (Å²) in [7, 11) is 0. The fourth-order valence-electron chi connectivity index (χ4n) is 1.77. The van der Waals surface area contributed by atoms with Gasteiger partial charge in [-0.3, -0.25) is 0 Å². The van der Waals surface area contributed by atoms with Crippen molar-refractivity contribution < 1.29 is 36.6 Å². The largest absolute Gasteiger partial charge is 0.478 e. The molecule has 0 fully saturated rings. The van der Waals surface area contributed by atoms with Gasteiger partial charge < -0.3 is 9.84 Å². The van der Waals surface area contributed by atoms with Crippen LogP contribution < -0.4 is 4.74 Å². The van der Waals surface area contributed by atoms with Gasteiger partial charge in [-0.2, -0.15) is 13.2 Å². The van der Waals surface area contributed by atoms with Crippen molar-refractivity contribution in [1.29, 1.82) is 0 Å². The molecule has 1 aliphatic rings. The molecule has 0 aromatic heterocycles. The highest BCUT2D eigenvalue weighted by molar-refractivity contribution is 5.95. The molecule has 0 amide bonds. The molecule has 2 rings (SSSR count). The molecule has 0 aliphatic carbocycles. The molecule has 0 bridgehead atoms. The van der Waals surface area contributed by atoms with Crippen LogP contribution >= 0.6 is 0 Å². The third-order valence-corrected chi connectivity index (χ3v) is 2.67. The van der Waals surface area contributed by atoms with Gasteiger partial charge in [-0.1, -0.05) is 0 Å². The van der Waals surface area contributed by atoms with Crippen molar-refractivity contribution in [3.8, 4) is 5.75 Å². The predicted molar refractivity (Wildman–Crippen MR) is 57.5 cm³/mol. The molecule has 1 aliphatic heterocycles. The Morgan fingerprint density at radius 1 is 1.30 bits per heavy atom. The molecule has 0 spiro atoms. The summed E-state index contributed by atoms with van der Waals surface area (Å²) < 4.78 is 67.7. The standard InChI is InChI=1S/C12H7F5O3/c13-10(14)5-1-2-8-6(3-5)4-7(11(18)19)9(20-8)12(15,16)17/h1-4,9-10H,(H,18,19). The van der Waals surface area contributed by atoms with E-state index in [1.54, 1.807) is 0 Å². The minimum atomic E-state index is -4.91. The molecule has 1 unspecified atom stereocenters. The molecule has 20 heavy (non-hydrogen) atoms. The fraction of sp³-hybridized carbons (Fsp3) is 0.250. The number of halogens is 5. The number of fused-ring (bicyclic) bond motifs is 1. The van der Waals surface area contributed by atoms with E-state index in [1.807, 2.05) is 0 Å². The molecule has 1 heterocycles. The Morgan fingerprint density at radius 3 is 2.45 bits per heavy atom. The highest BCUT2D eigenvalue weighted by Crippen LogP contribution is 2.38. The van der Waals surface area contributed by atoms with Gasteiger partial charge in [0.1, 0.15) is 5.75 Å². The molecule has 8 heteroatoms. The van der Waals surface area contributed by atoms with Gasteiger partial charge in [0.15, 0.2) is 0 Å². The van der Waals surface area contributed by atoms with Crippen molar-refractivity contribution in [1.82, 2.24) is 0 Å². The Bertz CT molecular complexity index is 577. The topological polar surface area (TPSA) is 46.5 Å². The van der Waals surface area contributed by atoms with E-state index in [0.29, 0.717) is 6.08 Å². The summed E-state index contributed by atoms with van der Waals surface area (Å²) in [6.07, 6.45) is -9.65. The zero-order chi connectivity index (χ0) is 15.1. The van der Waals surface area contributed by atoms with Crippen LogP contribution in [-0.2, 0) is 4.79 Å². The second kappa shape index (κ2) is 4.77. The first kappa shape index (κ1) is 14.3. The molecule has 1 atom stereocenters. The first-order valence-electron chi connectivity index (χ1n) is 5.30. The number of benzene rings is 1. The zero-order valence-corrected chi connectivity index (χ0v) is 9.62. The normalized spacial score (nSPS) is 18.3. The summed E-state index contributed by atoms with van der Waals surface area (Å²) in [6, 6.07) is 2.79. The van der Waals surface area contributed by atoms with Crippen LogP contribution in [0.25, 0.3) is 6.08 Å². The summed E-state index contributed by atoms with van der Waals surface area (Å²) in [5, 5.41) is 8.78. The summed E-state index contributed by atoms with van der Waals surface area (Å²) in [5.74, 6) is -2.11. The predicted octanol–water partition coefficient (Wildman–Crippen LogP) is 3.42. The van der Waals surface area contributed by atoms with Gasteiger partial charge in [-0.15, -0.1) is 0 Å². The number of carboxylic acids is 1. The number of rotatable bonds is 2. The quantitative estimate of drug-likeness (QED) is 0.850. The molecule has 1 N–H and O–H groups in total. The lowest BCUT2D eigenvalue weighted by Gasteiger charge is -2.27. The number of ether oxygens (including phenoxy) is 1. The van der Waals surface area contributed by atoms with E-state index in [-0.39, 0.29) is 11.3 Å². The minimum absolute atomic E-state index is 0.124. The highest BCUT2D eigenvalue weighted by Gasteiger charge is 2.48. The number of alkyl halides is 5. The molecule has 3 nitrogen and oxygen atoms in total. The second-order valence-corrected chi connectivity index (χ2v) is 4.04. The van der Waals surface area contributed by atoms with Crippen molar-refractivity contribution in [2.75, 3.05) is 0 Å². The van der Waals surface area contributed by atoms with Crippen molar-refractivity contribution in [2.45, 2.75) is 18.7 Å². The van der Waals surface area contributed by atoms with Gasteiger partial charge in [0, 0.05) is 11.1 Å². The van der Waals surface area contributed by atoms with Gasteiger partial charge in [-0.05, 0) is 24.3 Å². The Balaban J connectivity index is 2.51. The lowest BCUT2D eigenvalue weighted by atomic mass is 10.00. The monoisotopic (exact) mass is 294 g/mol. The van der Waals surface area contributed by atoms with Crippen molar-refractivity contribution in [3.63, 3.8) is 0 Å². The number of carboxylic acid groups (broad SMARTS) is 1. The van der Waals surface area contributed by atoms with Crippen molar-refractivity contribution in [2.24, 2.45) is 0 Å². The van der Waals surface area contributed by atoms with Gasteiger partial charge in [-0.25, -0.2) is 13.6 Å². The molecular weight excluding hydrogens is 287 g/mol. The summed E-state index contributed by atoms with van der Waals surface area (Å²) in [6.45, 7) is 0. The van der Waals surface area contributed by atoms with Crippen molar-refractivity contribution >= 4 is 12.0 Å². The summed E-state index contributed by atoms with van der Waals surface area (Å²) in [5.41, 5.74) is -1.60. The number of hydrogen-bond acceptors (Lipinski definition) is 2. The first-order chi connectivity index (χ1) is 9.20. The van der Waals surface area contributed by atoms with Crippen LogP contribution in [0.4, 0.5) is 22.0 Å². The molecule has 108 valence electrons. The average molecular weight is 294 g/mol. The number of aliphatic carboxylic acids is 1. The Hall–Kier alpha value is -2.12. The summed E-state index contributed by atoms with van der Waals surface area (Å²) in [4.78, 5) is 10.8. The lowest BCUT2D eigenvalue weighted by molar-refractivity contribution is -0.187. The highest BCUT2D eigenvalue weighted by atomic mass is 19.4. The zero-order valence-electron chi connectivity index (χ0n) is 9.62. The Morgan fingerprint density at radius 2 is 1.95 bits per heavy atom. The molecule has 1 aromatic rings. The van der Waals surface area contributed by atoms with E-state index < -0.39 is 35.8 Å². The van der Waals surface area contributed by atoms with E-state index >= 15 is 0 Å². The van der Waals surface area contributed by atoms with E-state index in [4.69, 9.17) is 5.11 Å². The van der Waals surface area contributed by atoms with Gasteiger partial charge in [0.2, 0.25) is 6.10 Å². The van der Waals surface area contributed by atoms with Gasteiger partial charge in [0.25, 0.3) is 6.43 Å². The van der Waals surface area contributed by atoms with Crippen LogP contribution in [0.15, 0.2) is 23.8 Å². The maximum Gasteiger partial charge on any atom is 0.430 e. The third-order valence-electron chi connectivity index (χ3n) is 2.67. The maximum absolute atomic E-state index is 12.7. The lowest BCUT2D eigenvalue weighted by Crippen LogP contribution is -2.40. The number of hydrogen-bond donors (Lipinski definition) is 1. The van der Waals surface area contributed by atoms with E-state index in [0.717, 1.165) is 18.2 Å². The third kappa shape index (κ3) is 2.59. The summed E-state index contributed by atoms with van der Waals surface area (Å²) >= 11 is 0. The molecule has 0 saturated carbocycles. The maximum atomic E-state index is 12.7. The average Bonchev–Trinajstić information content (AvgIpc) is 2.35. The molecule has 0 saturated heterocycles. The van der Waals surface area contributed by atoms with Crippen LogP contribution in [-0.4, -0.2) is 23.4 Å². The van der Waals surface area contributed by atoms with Crippen LogP contribution in [0.2, 0.25) is 0 Å². The minimum Gasteiger partial charge on any atom is -0.478 e. The van der Waals surface area contributed by atoms with Gasteiger partial charge >= 0.3 is 12.1 Å². The smallest absolute Gasteiger partial charge is 0.430 e. The Labute approximate surface area is 109 Å². The van der Waals surface area contributed by atoms with Crippen LogP contribution in [0.3, 0.4) is 0 Å². The van der Waals surface area contributed by atoms with E-state index in [9.17, 15) is 26.7 Å². The number of carbonyl (C=O) groups is 1. The molecule has 0 radical (unpaired) electrons. The van der Waals surface area contributed by atoms with Gasteiger partial charge in [0.05, 0.1) is 5.57 Å². The SMILES string of the molecule is O=C(O)C1=Cc2cc(C(F)F)ccc2OC1C(F)(F)F. The second-order valence-electron chi connectivity index (χ2n) is 4.04. The molecular formula is C12H7F5O3. The van der Waals surface area contributed by atoms with Crippen LogP contribution in [0, 0.1) is 0 Å². The van der Waals surface area contributed by atoms with Crippen LogP contribution in [0.5, 0.6) is 5.75 Å². The first-order valence-corrected chi connectivity index (χ1v) is 5.30. The Kier molecular flexibility index (Phi) is 3.41. The van der Waals surface area contributed by atoms with E-state index in [2.05, 4.69) is 4.74 Å².